The number of amides is 2. The highest BCUT2D eigenvalue weighted by molar-refractivity contribution is 5.91. The van der Waals surface area contributed by atoms with Gasteiger partial charge in [0.2, 0.25) is 5.91 Å². The van der Waals surface area contributed by atoms with E-state index in [1.807, 2.05) is 13.0 Å². The largest absolute Gasteiger partial charge is 0.453 e. The van der Waals surface area contributed by atoms with Crippen molar-refractivity contribution in [2.45, 2.75) is 25.9 Å². The summed E-state index contributed by atoms with van der Waals surface area (Å²) in [5.74, 6) is 0.0167. The maximum Gasteiger partial charge on any atom is 0.411 e. The number of ether oxygens (including phenoxy) is 2. The first-order chi connectivity index (χ1) is 14.2. The Bertz CT molecular complexity index is 1100. The maximum atomic E-state index is 12.7. The Kier molecular flexibility index (Phi) is 5.84. The van der Waals surface area contributed by atoms with E-state index in [2.05, 4.69) is 20.4 Å². The van der Waals surface area contributed by atoms with Crippen LogP contribution in [0.25, 0.3) is 11.3 Å². The second-order valence-corrected chi connectivity index (χ2v) is 7.20. The zero-order valence-corrected chi connectivity index (χ0v) is 16.8. The fourth-order valence-corrected chi connectivity index (χ4v) is 3.05. The molecule has 2 heterocycles. The number of rotatable bonds is 5. The molecule has 2 aromatic rings. The molecule has 30 heavy (non-hydrogen) atoms. The normalized spacial score (nSPS) is 14.2. The molecule has 1 aliphatic rings. The average molecular weight is 411 g/mol. The van der Waals surface area contributed by atoms with Crippen molar-refractivity contribution in [3.8, 4) is 17.3 Å². The molecule has 0 aliphatic carbocycles. The van der Waals surface area contributed by atoms with Crippen molar-refractivity contribution in [2.24, 2.45) is 0 Å². The molecule has 2 N–H and O–H groups in total. The lowest BCUT2D eigenvalue weighted by Crippen LogP contribution is -2.60. The number of nitrogens with zero attached hydrogens (tertiary/aromatic N) is 3. The number of hydrogen-bond donors (Lipinski definition) is 2. The molecule has 10 nitrogen and oxygen atoms in total. The molecule has 1 fully saturated rings. The number of anilines is 1. The Morgan fingerprint density at radius 1 is 1.37 bits per heavy atom. The average Bonchev–Trinajstić information content (AvgIpc) is 2.69. The summed E-state index contributed by atoms with van der Waals surface area (Å²) in [6, 6.07) is 7.86. The fourth-order valence-electron chi connectivity index (χ4n) is 3.05. The summed E-state index contributed by atoms with van der Waals surface area (Å²) in [4.78, 5) is 41.1. The summed E-state index contributed by atoms with van der Waals surface area (Å²) < 4.78 is 11.0. The molecule has 1 aliphatic heterocycles. The molecule has 2 amide bonds. The van der Waals surface area contributed by atoms with Crippen molar-refractivity contribution < 1.29 is 19.1 Å². The zero-order chi connectivity index (χ0) is 21.9. The van der Waals surface area contributed by atoms with Crippen LogP contribution in [0.15, 0.2) is 29.1 Å². The van der Waals surface area contributed by atoms with Crippen LogP contribution in [0.3, 0.4) is 0 Å². The van der Waals surface area contributed by atoms with E-state index < -0.39 is 17.2 Å². The summed E-state index contributed by atoms with van der Waals surface area (Å²) >= 11 is 0. The third-order valence-electron chi connectivity index (χ3n) is 4.63. The lowest BCUT2D eigenvalue weighted by Gasteiger charge is -2.38. The number of aryl methyl sites for hydroxylation is 1. The van der Waals surface area contributed by atoms with Crippen molar-refractivity contribution in [1.82, 2.24) is 14.9 Å². The molecule has 156 valence electrons. The van der Waals surface area contributed by atoms with Crippen LogP contribution in [0.4, 0.5) is 10.5 Å². The summed E-state index contributed by atoms with van der Waals surface area (Å²) in [6.45, 7) is 4.17. The first-order valence-corrected chi connectivity index (χ1v) is 9.11. The molecule has 1 saturated heterocycles. The van der Waals surface area contributed by atoms with Gasteiger partial charge >= 0.3 is 6.09 Å². The van der Waals surface area contributed by atoms with E-state index in [-0.39, 0.29) is 18.1 Å². The molecule has 0 saturated carbocycles. The Balaban J connectivity index is 1.91. The number of methoxy groups -OCH3 is 1. The fraction of sp³-hybridized carbons (Fsp3) is 0.350. The van der Waals surface area contributed by atoms with Gasteiger partial charge in [-0.05, 0) is 32.0 Å². The van der Waals surface area contributed by atoms with Gasteiger partial charge in [0.1, 0.15) is 12.4 Å². The summed E-state index contributed by atoms with van der Waals surface area (Å²) in [7, 11) is 1.22. The molecular formula is C20H21N5O5. The van der Waals surface area contributed by atoms with Gasteiger partial charge in [-0.3, -0.25) is 19.5 Å². The van der Waals surface area contributed by atoms with Gasteiger partial charge in [-0.15, -0.1) is 0 Å². The van der Waals surface area contributed by atoms with Crippen LogP contribution in [0, 0.1) is 18.3 Å². The Hall–Kier alpha value is -3.71. The molecule has 0 bridgehead atoms. The molecule has 1 aromatic heterocycles. The van der Waals surface area contributed by atoms with E-state index in [0.29, 0.717) is 35.9 Å². The van der Waals surface area contributed by atoms with Crippen molar-refractivity contribution in [1.29, 1.82) is 5.26 Å². The van der Waals surface area contributed by atoms with E-state index in [4.69, 9.17) is 10.00 Å². The quantitative estimate of drug-likeness (QED) is 0.754. The Labute approximate surface area is 172 Å². The molecule has 0 atom stereocenters. The van der Waals surface area contributed by atoms with Gasteiger partial charge in [-0.1, -0.05) is 0 Å². The highest BCUT2D eigenvalue weighted by atomic mass is 16.5. The minimum Gasteiger partial charge on any atom is -0.453 e. The Morgan fingerprint density at radius 3 is 2.67 bits per heavy atom. The molecule has 0 spiro atoms. The predicted molar refractivity (Wildman–Crippen MR) is 107 cm³/mol. The lowest BCUT2D eigenvalue weighted by molar-refractivity contribution is -0.131. The molecule has 10 heteroatoms. The van der Waals surface area contributed by atoms with Crippen molar-refractivity contribution in [2.75, 3.05) is 25.6 Å². The standard InChI is InChI=1S/C20H21N5O5/c1-12-22-16(14-5-4-13(8-21)6-15(14)23-19(28)29-3)7-18(27)25(12)9-17(26)24-20(2)10-30-11-20/h4-7H,9-11H2,1-3H3,(H,23,28)(H,24,26). The second kappa shape index (κ2) is 8.34. The molecule has 0 unspecified atom stereocenters. The van der Waals surface area contributed by atoms with E-state index in [1.165, 1.54) is 23.8 Å². The third kappa shape index (κ3) is 4.47. The van der Waals surface area contributed by atoms with Gasteiger partial charge in [0.25, 0.3) is 5.56 Å². The first-order valence-electron chi connectivity index (χ1n) is 9.11. The van der Waals surface area contributed by atoms with Gasteiger partial charge in [-0.25, -0.2) is 9.78 Å². The number of carbonyl (C=O) groups excluding carboxylic acids is 2. The monoisotopic (exact) mass is 411 g/mol. The maximum absolute atomic E-state index is 12.7. The summed E-state index contributed by atoms with van der Waals surface area (Å²) in [6.07, 6.45) is -0.721. The van der Waals surface area contributed by atoms with Crippen LogP contribution in [-0.4, -0.2) is 47.4 Å². The lowest BCUT2D eigenvalue weighted by atomic mass is 10.0. The van der Waals surface area contributed by atoms with Crippen LogP contribution >= 0.6 is 0 Å². The Morgan fingerprint density at radius 2 is 2.10 bits per heavy atom. The number of hydrogen-bond acceptors (Lipinski definition) is 7. The minimum absolute atomic E-state index is 0.172. The van der Waals surface area contributed by atoms with Crippen LogP contribution in [0.5, 0.6) is 0 Å². The summed E-state index contributed by atoms with van der Waals surface area (Å²) in [5, 5.41) is 14.5. The number of carbonyl (C=O) groups is 2. The van der Waals surface area contributed by atoms with Gasteiger partial charge in [-0.2, -0.15) is 5.26 Å². The molecular weight excluding hydrogens is 390 g/mol. The van der Waals surface area contributed by atoms with Gasteiger partial charge in [0, 0.05) is 11.6 Å². The van der Waals surface area contributed by atoms with Crippen molar-refractivity contribution in [3.63, 3.8) is 0 Å². The van der Waals surface area contributed by atoms with E-state index in [1.54, 1.807) is 19.1 Å². The van der Waals surface area contributed by atoms with E-state index in [0.717, 1.165) is 0 Å². The van der Waals surface area contributed by atoms with Gasteiger partial charge in [0.15, 0.2) is 0 Å². The number of aromatic nitrogens is 2. The highest BCUT2D eigenvalue weighted by Crippen LogP contribution is 2.27. The number of nitriles is 1. The smallest absolute Gasteiger partial charge is 0.411 e. The van der Waals surface area contributed by atoms with Crippen molar-refractivity contribution in [3.05, 3.63) is 46.0 Å². The minimum atomic E-state index is -0.721. The molecule has 0 radical (unpaired) electrons. The van der Waals surface area contributed by atoms with Gasteiger partial charge < -0.3 is 14.8 Å². The predicted octanol–water partition coefficient (Wildman–Crippen LogP) is 1.17. The SMILES string of the molecule is COC(=O)Nc1cc(C#N)ccc1-c1cc(=O)n(CC(=O)NC2(C)COC2)c(C)n1. The molecule has 1 aromatic carbocycles. The van der Waals surface area contributed by atoms with E-state index >= 15 is 0 Å². The third-order valence-corrected chi connectivity index (χ3v) is 4.63. The summed E-state index contributed by atoms with van der Waals surface area (Å²) in [5.41, 5.74) is 0.496. The molecule has 3 rings (SSSR count). The second-order valence-electron chi connectivity index (χ2n) is 7.20. The zero-order valence-electron chi connectivity index (χ0n) is 16.8. The van der Waals surface area contributed by atoms with Crippen molar-refractivity contribution >= 4 is 17.7 Å². The first kappa shape index (κ1) is 21.0. The number of nitrogens with one attached hydrogen (secondary N) is 2. The highest BCUT2D eigenvalue weighted by Gasteiger charge is 2.34. The number of benzene rings is 1. The van der Waals surface area contributed by atoms with Crippen LogP contribution in [0.1, 0.15) is 18.3 Å². The van der Waals surface area contributed by atoms with Crippen LogP contribution in [-0.2, 0) is 20.8 Å². The van der Waals surface area contributed by atoms with E-state index in [9.17, 15) is 14.4 Å². The van der Waals surface area contributed by atoms with Crippen LogP contribution < -0.4 is 16.2 Å². The van der Waals surface area contributed by atoms with Gasteiger partial charge in [0.05, 0.1) is 48.9 Å². The topological polar surface area (TPSA) is 135 Å². The van der Waals surface area contributed by atoms with Crippen LogP contribution in [0.2, 0.25) is 0 Å².